The molecule has 0 radical (unpaired) electrons. The van der Waals surface area contributed by atoms with E-state index in [2.05, 4.69) is 9.88 Å². The van der Waals surface area contributed by atoms with Gasteiger partial charge in [0.15, 0.2) is 11.6 Å². The highest BCUT2D eigenvalue weighted by Crippen LogP contribution is 2.27. The number of hydrogen-bond donors (Lipinski definition) is 0. The Kier molecular flexibility index (Phi) is 4.74. The van der Waals surface area contributed by atoms with E-state index in [-0.39, 0.29) is 5.69 Å². The first-order chi connectivity index (χ1) is 11.9. The molecule has 0 spiro atoms. The largest absolute Gasteiger partial charge is 0.356 e. The van der Waals surface area contributed by atoms with E-state index in [9.17, 15) is 18.9 Å². The molecule has 0 N–H and O–H groups in total. The molecule has 0 unspecified atom stereocenters. The van der Waals surface area contributed by atoms with Crippen LogP contribution in [0.25, 0.3) is 6.08 Å². The van der Waals surface area contributed by atoms with Crippen molar-refractivity contribution >= 4 is 17.6 Å². The van der Waals surface area contributed by atoms with Crippen LogP contribution in [0.4, 0.5) is 20.3 Å². The standard InChI is InChI=1S/C18H17F2N3O2/c1-12-8-15(23(24)25)11-21-18(12)22-6-4-13(5-7-22)9-14-2-3-16(19)17(20)10-14/h2-3,8-11H,4-7H2,1H3. The molecule has 5 nitrogen and oxygen atoms in total. The molecular weight excluding hydrogens is 328 g/mol. The van der Waals surface area contributed by atoms with E-state index in [4.69, 9.17) is 0 Å². The first-order valence-electron chi connectivity index (χ1n) is 7.94. The third kappa shape index (κ3) is 3.81. The molecule has 0 bridgehead atoms. The van der Waals surface area contributed by atoms with Crippen molar-refractivity contribution in [2.75, 3.05) is 18.0 Å². The fourth-order valence-corrected chi connectivity index (χ4v) is 2.97. The lowest BCUT2D eigenvalue weighted by Crippen LogP contribution is -2.31. The van der Waals surface area contributed by atoms with Crippen molar-refractivity contribution in [2.24, 2.45) is 0 Å². The molecule has 0 saturated carbocycles. The highest BCUT2D eigenvalue weighted by Gasteiger charge is 2.19. The molecule has 2 heterocycles. The second kappa shape index (κ2) is 6.96. The third-order valence-electron chi connectivity index (χ3n) is 4.27. The summed E-state index contributed by atoms with van der Waals surface area (Å²) in [6.45, 7) is 3.25. The molecule has 0 atom stereocenters. The number of nitro groups is 1. The molecule has 3 rings (SSSR count). The second-order valence-corrected chi connectivity index (χ2v) is 6.05. The van der Waals surface area contributed by atoms with Gasteiger partial charge < -0.3 is 4.90 Å². The minimum absolute atomic E-state index is 0.0165. The fraction of sp³-hybridized carbons (Fsp3) is 0.278. The summed E-state index contributed by atoms with van der Waals surface area (Å²) in [7, 11) is 0. The molecule has 1 aliphatic heterocycles. The average molecular weight is 345 g/mol. The lowest BCUT2D eigenvalue weighted by atomic mass is 10.0. The predicted octanol–water partition coefficient (Wildman–Crippen LogP) is 4.26. The molecule has 25 heavy (non-hydrogen) atoms. The van der Waals surface area contributed by atoms with E-state index in [0.717, 1.165) is 49.0 Å². The zero-order valence-corrected chi connectivity index (χ0v) is 13.7. The SMILES string of the molecule is Cc1cc([N+](=O)[O-])cnc1N1CCC(=Cc2ccc(F)c(F)c2)CC1. The molecule has 1 fully saturated rings. The summed E-state index contributed by atoms with van der Waals surface area (Å²) in [6.07, 6.45) is 4.71. The Morgan fingerprint density at radius 1 is 1.20 bits per heavy atom. The molecule has 0 amide bonds. The van der Waals surface area contributed by atoms with E-state index < -0.39 is 16.6 Å². The van der Waals surface area contributed by atoms with Crippen molar-refractivity contribution in [3.8, 4) is 0 Å². The van der Waals surface area contributed by atoms with Gasteiger partial charge in [-0.15, -0.1) is 0 Å². The first-order valence-corrected chi connectivity index (χ1v) is 7.94. The van der Waals surface area contributed by atoms with E-state index in [1.807, 2.05) is 13.0 Å². The number of piperidine rings is 1. The van der Waals surface area contributed by atoms with Crippen LogP contribution in [0.1, 0.15) is 24.0 Å². The van der Waals surface area contributed by atoms with Crippen molar-refractivity contribution in [1.29, 1.82) is 0 Å². The number of hydrogen-bond acceptors (Lipinski definition) is 4. The van der Waals surface area contributed by atoms with Crippen molar-refractivity contribution in [3.63, 3.8) is 0 Å². The lowest BCUT2D eigenvalue weighted by Gasteiger charge is -2.30. The minimum Gasteiger partial charge on any atom is -0.356 e. The van der Waals surface area contributed by atoms with Gasteiger partial charge in [0.1, 0.15) is 12.0 Å². The smallest absolute Gasteiger partial charge is 0.287 e. The van der Waals surface area contributed by atoms with Gasteiger partial charge in [-0.2, -0.15) is 0 Å². The number of aromatic nitrogens is 1. The second-order valence-electron chi connectivity index (χ2n) is 6.05. The number of halogens is 2. The van der Waals surface area contributed by atoms with Gasteiger partial charge in [0.2, 0.25) is 0 Å². The zero-order valence-electron chi connectivity index (χ0n) is 13.7. The monoisotopic (exact) mass is 345 g/mol. The lowest BCUT2D eigenvalue weighted by molar-refractivity contribution is -0.385. The highest BCUT2D eigenvalue weighted by atomic mass is 19.2. The number of pyridine rings is 1. The van der Waals surface area contributed by atoms with Crippen molar-refractivity contribution < 1.29 is 13.7 Å². The minimum atomic E-state index is -0.850. The Hall–Kier alpha value is -2.83. The molecule has 1 aliphatic rings. The van der Waals surface area contributed by atoms with Crippen LogP contribution in [0, 0.1) is 28.7 Å². The Morgan fingerprint density at radius 2 is 1.92 bits per heavy atom. The van der Waals surface area contributed by atoms with Crippen LogP contribution in [0.3, 0.4) is 0 Å². The van der Waals surface area contributed by atoms with Gasteiger partial charge in [0, 0.05) is 19.2 Å². The van der Waals surface area contributed by atoms with E-state index >= 15 is 0 Å². The van der Waals surface area contributed by atoms with Gasteiger partial charge in [0.25, 0.3) is 5.69 Å². The highest BCUT2D eigenvalue weighted by molar-refractivity contribution is 5.56. The topological polar surface area (TPSA) is 59.3 Å². The molecule has 0 aliphatic carbocycles. The summed E-state index contributed by atoms with van der Waals surface area (Å²) in [4.78, 5) is 16.7. The normalized spacial score (nSPS) is 14.5. The van der Waals surface area contributed by atoms with Crippen LogP contribution >= 0.6 is 0 Å². The van der Waals surface area contributed by atoms with Gasteiger partial charge in [0.05, 0.1) is 4.92 Å². The summed E-state index contributed by atoms with van der Waals surface area (Å²) >= 11 is 0. The molecular formula is C18H17F2N3O2. The number of nitrogens with zero attached hydrogens (tertiary/aromatic N) is 3. The van der Waals surface area contributed by atoms with Crippen LogP contribution in [0.2, 0.25) is 0 Å². The van der Waals surface area contributed by atoms with Crippen molar-refractivity contribution in [1.82, 2.24) is 4.98 Å². The van der Waals surface area contributed by atoms with E-state index in [1.54, 1.807) is 6.07 Å². The Bertz CT molecular complexity index is 842. The Morgan fingerprint density at radius 3 is 2.52 bits per heavy atom. The Labute approximate surface area is 143 Å². The molecule has 1 saturated heterocycles. The number of rotatable bonds is 3. The number of benzene rings is 1. The fourth-order valence-electron chi connectivity index (χ4n) is 2.97. The summed E-state index contributed by atoms with van der Waals surface area (Å²) in [5.41, 5.74) is 2.55. The third-order valence-corrected chi connectivity index (χ3v) is 4.27. The molecule has 130 valence electrons. The predicted molar refractivity (Wildman–Crippen MR) is 91.4 cm³/mol. The quantitative estimate of drug-likeness (QED) is 0.616. The first kappa shape index (κ1) is 17.0. The van der Waals surface area contributed by atoms with E-state index in [0.29, 0.717) is 5.56 Å². The number of anilines is 1. The summed E-state index contributed by atoms with van der Waals surface area (Å²) in [5.74, 6) is -0.952. The average Bonchev–Trinajstić information content (AvgIpc) is 2.59. The molecule has 2 aromatic rings. The van der Waals surface area contributed by atoms with Crippen LogP contribution in [0.5, 0.6) is 0 Å². The van der Waals surface area contributed by atoms with Gasteiger partial charge in [-0.3, -0.25) is 10.1 Å². The molecule has 7 heteroatoms. The van der Waals surface area contributed by atoms with Crippen molar-refractivity contribution in [2.45, 2.75) is 19.8 Å². The van der Waals surface area contributed by atoms with E-state index in [1.165, 1.54) is 18.3 Å². The van der Waals surface area contributed by atoms with Crippen LogP contribution in [-0.4, -0.2) is 23.0 Å². The van der Waals surface area contributed by atoms with Crippen LogP contribution < -0.4 is 4.90 Å². The van der Waals surface area contributed by atoms with Crippen molar-refractivity contribution in [3.05, 3.63) is 68.9 Å². The van der Waals surface area contributed by atoms with Gasteiger partial charge in [-0.25, -0.2) is 13.8 Å². The van der Waals surface area contributed by atoms with Gasteiger partial charge >= 0.3 is 0 Å². The van der Waals surface area contributed by atoms with Gasteiger partial charge in [-0.05, 0) is 43.0 Å². The van der Waals surface area contributed by atoms with Crippen LogP contribution in [0.15, 0.2) is 36.0 Å². The molecule has 1 aromatic heterocycles. The Balaban J connectivity index is 1.70. The summed E-state index contributed by atoms with van der Waals surface area (Å²) < 4.78 is 26.3. The maximum Gasteiger partial charge on any atom is 0.287 e. The number of aryl methyl sites for hydroxylation is 1. The molecule has 1 aromatic carbocycles. The maximum atomic E-state index is 13.3. The van der Waals surface area contributed by atoms with Crippen LogP contribution in [-0.2, 0) is 0 Å². The zero-order chi connectivity index (χ0) is 18.0. The summed E-state index contributed by atoms with van der Waals surface area (Å²) in [5, 5.41) is 10.8. The summed E-state index contributed by atoms with van der Waals surface area (Å²) in [6, 6.07) is 5.40. The van der Waals surface area contributed by atoms with Gasteiger partial charge in [-0.1, -0.05) is 17.7 Å². The maximum absolute atomic E-state index is 13.3.